The SMILES string of the molecule is O=C(O)c1cc(NC(=O)C2C=CC=C2)cc(C(=O)O)c1. The molecule has 0 aliphatic heterocycles. The number of benzene rings is 1. The van der Waals surface area contributed by atoms with Gasteiger partial charge in [-0.3, -0.25) is 4.79 Å². The zero-order valence-electron chi connectivity index (χ0n) is 10.2. The van der Waals surface area contributed by atoms with Crippen molar-refractivity contribution in [3.8, 4) is 0 Å². The minimum Gasteiger partial charge on any atom is -0.478 e. The van der Waals surface area contributed by atoms with Crippen LogP contribution in [-0.4, -0.2) is 28.1 Å². The van der Waals surface area contributed by atoms with E-state index >= 15 is 0 Å². The third kappa shape index (κ3) is 2.92. The van der Waals surface area contributed by atoms with E-state index in [2.05, 4.69) is 5.32 Å². The molecule has 0 fully saturated rings. The van der Waals surface area contributed by atoms with Gasteiger partial charge < -0.3 is 15.5 Å². The monoisotopic (exact) mass is 273 g/mol. The van der Waals surface area contributed by atoms with Gasteiger partial charge in [0.25, 0.3) is 0 Å². The number of nitrogens with one attached hydrogen (secondary N) is 1. The summed E-state index contributed by atoms with van der Waals surface area (Å²) in [5.41, 5.74) is -0.253. The molecule has 0 radical (unpaired) electrons. The van der Waals surface area contributed by atoms with Gasteiger partial charge in [-0.1, -0.05) is 24.3 Å². The third-order valence-electron chi connectivity index (χ3n) is 2.75. The Kier molecular flexibility index (Phi) is 3.65. The quantitative estimate of drug-likeness (QED) is 0.775. The fourth-order valence-corrected chi connectivity index (χ4v) is 1.78. The fraction of sp³-hybridized carbons (Fsp3) is 0.0714. The zero-order valence-corrected chi connectivity index (χ0v) is 10.2. The van der Waals surface area contributed by atoms with Gasteiger partial charge in [0.05, 0.1) is 17.0 Å². The van der Waals surface area contributed by atoms with E-state index in [1.165, 1.54) is 12.1 Å². The summed E-state index contributed by atoms with van der Waals surface area (Å²) in [6.07, 6.45) is 6.80. The lowest BCUT2D eigenvalue weighted by Gasteiger charge is -2.09. The molecule has 0 aromatic heterocycles. The van der Waals surface area contributed by atoms with Crippen LogP contribution in [0.3, 0.4) is 0 Å². The Morgan fingerprint density at radius 3 is 1.85 bits per heavy atom. The molecule has 0 saturated carbocycles. The molecule has 1 aromatic rings. The first kappa shape index (κ1) is 13.5. The Balaban J connectivity index is 2.28. The molecular formula is C14H11NO5. The summed E-state index contributed by atoms with van der Waals surface area (Å²) in [4.78, 5) is 33.8. The van der Waals surface area contributed by atoms with Gasteiger partial charge in [0.1, 0.15) is 0 Å². The van der Waals surface area contributed by atoms with Crippen LogP contribution in [-0.2, 0) is 4.79 Å². The summed E-state index contributed by atoms with van der Waals surface area (Å²) in [6, 6.07) is 3.47. The summed E-state index contributed by atoms with van der Waals surface area (Å²) in [7, 11) is 0. The van der Waals surface area contributed by atoms with Crippen LogP contribution in [0.5, 0.6) is 0 Å². The number of carboxylic acids is 2. The minimum absolute atomic E-state index is 0.140. The second-order valence-electron chi connectivity index (χ2n) is 4.19. The highest BCUT2D eigenvalue weighted by Crippen LogP contribution is 2.18. The largest absolute Gasteiger partial charge is 0.478 e. The normalized spacial score (nSPS) is 13.4. The first-order chi connectivity index (χ1) is 9.47. The summed E-state index contributed by atoms with van der Waals surface area (Å²) in [5.74, 6) is -3.31. The van der Waals surface area contributed by atoms with E-state index in [-0.39, 0.29) is 22.7 Å². The molecule has 0 atom stereocenters. The van der Waals surface area contributed by atoms with Crippen LogP contribution >= 0.6 is 0 Å². The van der Waals surface area contributed by atoms with E-state index in [1.807, 2.05) is 0 Å². The molecule has 6 nitrogen and oxygen atoms in total. The third-order valence-corrected chi connectivity index (χ3v) is 2.75. The summed E-state index contributed by atoms with van der Waals surface area (Å²) < 4.78 is 0. The fourth-order valence-electron chi connectivity index (χ4n) is 1.78. The second kappa shape index (κ2) is 5.40. The molecule has 102 valence electrons. The molecular weight excluding hydrogens is 262 g/mol. The van der Waals surface area contributed by atoms with Gasteiger partial charge >= 0.3 is 11.9 Å². The van der Waals surface area contributed by atoms with Crippen LogP contribution in [0.2, 0.25) is 0 Å². The van der Waals surface area contributed by atoms with Crippen LogP contribution in [0.4, 0.5) is 5.69 Å². The molecule has 3 N–H and O–H groups in total. The lowest BCUT2D eigenvalue weighted by atomic mass is 10.1. The van der Waals surface area contributed by atoms with Crippen molar-refractivity contribution in [3.63, 3.8) is 0 Å². The Labute approximate surface area is 114 Å². The van der Waals surface area contributed by atoms with Crippen molar-refractivity contribution in [1.29, 1.82) is 0 Å². The lowest BCUT2D eigenvalue weighted by Crippen LogP contribution is -2.19. The molecule has 0 spiro atoms. The number of carboxylic acid groups (broad SMARTS) is 2. The lowest BCUT2D eigenvalue weighted by molar-refractivity contribution is -0.117. The average Bonchev–Trinajstić information content (AvgIpc) is 2.92. The number of carbonyl (C=O) groups is 3. The van der Waals surface area contributed by atoms with Gasteiger partial charge in [-0.05, 0) is 18.2 Å². The Hall–Kier alpha value is -2.89. The molecule has 0 unspecified atom stereocenters. The smallest absolute Gasteiger partial charge is 0.335 e. The Morgan fingerprint density at radius 1 is 0.900 bits per heavy atom. The van der Waals surface area contributed by atoms with Gasteiger partial charge in [-0.2, -0.15) is 0 Å². The van der Waals surface area contributed by atoms with Gasteiger partial charge in [-0.25, -0.2) is 9.59 Å². The molecule has 0 bridgehead atoms. The number of carbonyl (C=O) groups excluding carboxylic acids is 1. The standard InChI is InChI=1S/C14H11NO5/c16-12(8-3-1-2-4-8)15-11-6-9(13(17)18)5-10(7-11)14(19)20/h1-8H,(H,15,16)(H,17,18)(H,19,20). The highest BCUT2D eigenvalue weighted by molar-refractivity contribution is 6.00. The predicted octanol–water partition coefficient (Wildman–Crippen LogP) is 1.76. The zero-order chi connectivity index (χ0) is 14.7. The highest BCUT2D eigenvalue weighted by atomic mass is 16.4. The number of amides is 1. The van der Waals surface area contributed by atoms with Gasteiger partial charge in [0, 0.05) is 5.69 Å². The van der Waals surface area contributed by atoms with Crippen LogP contribution in [0.15, 0.2) is 42.5 Å². The van der Waals surface area contributed by atoms with E-state index < -0.39 is 17.9 Å². The number of hydrogen-bond acceptors (Lipinski definition) is 3. The van der Waals surface area contributed by atoms with Crippen molar-refractivity contribution in [2.24, 2.45) is 5.92 Å². The first-order valence-electron chi connectivity index (χ1n) is 5.75. The Bertz CT molecular complexity index is 601. The molecule has 6 heteroatoms. The number of anilines is 1. The maximum Gasteiger partial charge on any atom is 0.335 e. The maximum absolute atomic E-state index is 11.9. The second-order valence-corrected chi connectivity index (χ2v) is 4.19. The average molecular weight is 273 g/mol. The predicted molar refractivity (Wildman–Crippen MR) is 70.8 cm³/mol. The van der Waals surface area contributed by atoms with Crippen LogP contribution in [0.1, 0.15) is 20.7 Å². The van der Waals surface area contributed by atoms with Crippen molar-refractivity contribution in [3.05, 3.63) is 53.6 Å². The van der Waals surface area contributed by atoms with E-state index in [0.29, 0.717) is 0 Å². The van der Waals surface area contributed by atoms with Crippen LogP contribution < -0.4 is 5.32 Å². The molecule has 1 amide bonds. The summed E-state index contributed by atoms with van der Waals surface area (Å²) in [6.45, 7) is 0. The molecule has 20 heavy (non-hydrogen) atoms. The topological polar surface area (TPSA) is 104 Å². The van der Waals surface area contributed by atoms with Gasteiger partial charge in [-0.15, -0.1) is 0 Å². The summed E-state index contributed by atoms with van der Waals surface area (Å²) >= 11 is 0. The number of hydrogen-bond donors (Lipinski definition) is 3. The van der Waals surface area contributed by atoms with Gasteiger partial charge in [0.2, 0.25) is 5.91 Å². The Morgan fingerprint density at radius 2 is 1.40 bits per heavy atom. The number of aromatic carboxylic acids is 2. The number of allylic oxidation sites excluding steroid dienone is 2. The van der Waals surface area contributed by atoms with Crippen molar-refractivity contribution in [1.82, 2.24) is 0 Å². The molecule has 0 saturated heterocycles. The molecule has 1 aliphatic carbocycles. The van der Waals surface area contributed by atoms with Crippen molar-refractivity contribution in [2.45, 2.75) is 0 Å². The first-order valence-corrected chi connectivity index (χ1v) is 5.75. The summed E-state index contributed by atoms with van der Waals surface area (Å²) in [5, 5.41) is 20.4. The van der Waals surface area contributed by atoms with E-state index in [4.69, 9.17) is 10.2 Å². The van der Waals surface area contributed by atoms with E-state index in [0.717, 1.165) is 6.07 Å². The molecule has 2 rings (SSSR count). The van der Waals surface area contributed by atoms with E-state index in [9.17, 15) is 14.4 Å². The minimum atomic E-state index is -1.26. The number of rotatable bonds is 4. The molecule has 0 heterocycles. The molecule has 1 aromatic carbocycles. The van der Waals surface area contributed by atoms with Crippen LogP contribution in [0.25, 0.3) is 0 Å². The maximum atomic E-state index is 11.9. The van der Waals surface area contributed by atoms with Crippen LogP contribution in [0, 0.1) is 5.92 Å². The molecule has 1 aliphatic rings. The van der Waals surface area contributed by atoms with Crippen molar-refractivity contribution in [2.75, 3.05) is 5.32 Å². The highest BCUT2D eigenvalue weighted by Gasteiger charge is 2.17. The van der Waals surface area contributed by atoms with Crippen molar-refractivity contribution >= 4 is 23.5 Å². The van der Waals surface area contributed by atoms with Gasteiger partial charge in [0.15, 0.2) is 0 Å². The van der Waals surface area contributed by atoms with Crippen molar-refractivity contribution < 1.29 is 24.6 Å². The van der Waals surface area contributed by atoms with E-state index in [1.54, 1.807) is 24.3 Å².